The minimum atomic E-state index is -4.86. The van der Waals surface area contributed by atoms with Gasteiger partial charge in [0.2, 0.25) is 11.8 Å². The number of ether oxygens (including phenoxy) is 1. The Morgan fingerprint density at radius 2 is 1.56 bits per heavy atom. The molecule has 4 heterocycles. The molecule has 7 rings (SSSR count). The van der Waals surface area contributed by atoms with Gasteiger partial charge in [0.25, 0.3) is 5.56 Å². The Morgan fingerprint density at radius 3 is 2.23 bits per heavy atom. The first kappa shape index (κ1) is 35.5. The van der Waals surface area contributed by atoms with Gasteiger partial charge in [-0.2, -0.15) is 0 Å². The number of imide groups is 1. The van der Waals surface area contributed by atoms with E-state index in [9.17, 15) is 27.6 Å². The van der Waals surface area contributed by atoms with E-state index < -0.39 is 18.3 Å². The van der Waals surface area contributed by atoms with Crippen molar-refractivity contribution in [3.05, 3.63) is 88.6 Å². The van der Waals surface area contributed by atoms with Crippen molar-refractivity contribution in [2.45, 2.75) is 57.5 Å². The van der Waals surface area contributed by atoms with Crippen molar-refractivity contribution in [2.75, 3.05) is 36.4 Å². The van der Waals surface area contributed by atoms with E-state index in [0.717, 1.165) is 51.9 Å². The van der Waals surface area contributed by atoms with Gasteiger partial charge in [-0.25, -0.2) is 4.39 Å². The highest BCUT2D eigenvalue weighted by Gasteiger charge is 2.34. The number of nitrogens with one attached hydrogen (secondary N) is 2. The maximum absolute atomic E-state index is 15.2. The fourth-order valence-electron chi connectivity index (χ4n) is 8.04. The molecule has 0 bridgehead atoms. The monoisotopic (exact) mass is 719 g/mol. The molecule has 9 nitrogen and oxygen atoms in total. The molecular formula is C39H41F4N5O4. The summed E-state index contributed by atoms with van der Waals surface area (Å²) in [5.41, 5.74) is 2.45. The Hall–Kier alpha value is -4.91. The normalized spacial score (nSPS) is 19.6. The number of carbonyl (C=O) groups is 2. The van der Waals surface area contributed by atoms with Crippen molar-refractivity contribution >= 4 is 34.0 Å². The summed E-state index contributed by atoms with van der Waals surface area (Å²) < 4.78 is 62.1. The van der Waals surface area contributed by atoms with E-state index in [0.29, 0.717) is 63.6 Å². The molecule has 13 heteroatoms. The molecular weight excluding hydrogens is 678 g/mol. The number of amides is 2. The summed E-state index contributed by atoms with van der Waals surface area (Å²) in [6.07, 6.45) is 1.08. The van der Waals surface area contributed by atoms with E-state index in [4.69, 9.17) is 0 Å². The number of hydrogen-bond donors (Lipinski definition) is 2. The van der Waals surface area contributed by atoms with Gasteiger partial charge in [0.05, 0.1) is 5.69 Å². The highest BCUT2D eigenvalue weighted by atomic mass is 19.4. The molecule has 52 heavy (non-hydrogen) atoms. The Morgan fingerprint density at radius 1 is 0.865 bits per heavy atom. The number of rotatable bonds is 8. The van der Waals surface area contributed by atoms with E-state index in [-0.39, 0.29) is 29.5 Å². The summed E-state index contributed by atoms with van der Waals surface area (Å²) in [6, 6.07) is 16.3. The van der Waals surface area contributed by atoms with E-state index in [2.05, 4.69) is 25.2 Å². The molecule has 3 fully saturated rings. The number of anilines is 2. The number of likely N-dealkylation sites (tertiary alicyclic amines) is 1. The van der Waals surface area contributed by atoms with Crippen molar-refractivity contribution in [1.29, 1.82) is 0 Å². The number of nitrogens with zero attached hydrogens (tertiary/aromatic N) is 3. The molecule has 274 valence electrons. The van der Waals surface area contributed by atoms with Crippen LogP contribution in [0.25, 0.3) is 21.9 Å². The number of piperidine rings is 3. The van der Waals surface area contributed by atoms with Crippen LogP contribution in [0.2, 0.25) is 0 Å². The molecule has 2 amide bonds. The molecule has 0 spiro atoms. The number of aromatic nitrogens is 1. The van der Waals surface area contributed by atoms with E-state index in [1.807, 2.05) is 0 Å². The van der Waals surface area contributed by atoms with Gasteiger partial charge in [-0.3, -0.25) is 24.6 Å². The SMILES string of the molecule is Cn1cc(-c2ccc(CN3CCC(C4CCN(c5ccc(NC6CCC(=O)NC6=O)cc5F)CC4)CC3)c(OC(F)(F)F)c2)c2ccccc2c1=O. The molecule has 3 aliphatic rings. The first-order valence-corrected chi connectivity index (χ1v) is 17.8. The Labute approximate surface area is 298 Å². The molecule has 0 saturated carbocycles. The van der Waals surface area contributed by atoms with E-state index >= 15 is 4.39 Å². The molecule has 0 aliphatic carbocycles. The number of halogens is 4. The van der Waals surface area contributed by atoms with Crippen LogP contribution in [0.1, 0.15) is 44.1 Å². The predicted octanol–water partition coefficient (Wildman–Crippen LogP) is 6.59. The van der Waals surface area contributed by atoms with Gasteiger partial charge in [-0.1, -0.05) is 30.3 Å². The van der Waals surface area contributed by atoms with E-state index in [1.54, 1.807) is 61.8 Å². The highest BCUT2D eigenvalue weighted by Crippen LogP contribution is 2.38. The Balaban J connectivity index is 0.957. The lowest BCUT2D eigenvalue weighted by Gasteiger charge is -2.41. The number of carbonyl (C=O) groups excluding carboxylic acids is 2. The zero-order valence-electron chi connectivity index (χ0n) is 28.8. The quantitative estimate of drug-likeness (QED) is 0.157. The van der Waals surface area contributed by atoms with Gasteiger partial charge in [-0.05, 0) is 98.3 Å². The molecule has 2 N–H and O–H groups in total. The highest BCUT2D eigenvalue weighted by molar-refractivity contribution is 6.01. The fourth-order valence-corrected chi connectivity index (χ4v) is 8.04. The standard InChI is InChI=1S/C39H41F4N5O4/c1-46-23-31(29-4-2-3-5-30(29)38(46)51)26-6-7-27(35(20-26)52-39(41,42)43)22-47-16-12-24(13-17-47)25-14-18-48(19-15-25)34-10-8-28(21-32(34)40)44-33-9-11-36(49)45-37(33)50/h2-8,10,20-21,23-25,33,44H,9,11-19,22H2,1H3,(H,45,49,50). The molecule has 3 aromatic carbocycles. The fraction of sp³-hybridized carbons (Fsp3) is 0.410. The van der Waals surface area contributed by atoms with Crippen LogP contribution in [0.5, 0.6) is 5.75 Å². The number of hydrogen-bond acceptors (Lipinski definition) is 7. The number of pyridine rings is 1. The molecule has 0 radical (unpaired) electrons. The summed E-state index contributed by atoms with van der Waals surface area (Å²) in [6.45, 7) is 3.26. The van der Waals surface area contributed by atoms with Gasteiger partial charge >= 0.3 is 6.36 Å². The number of benzene rings is 3. The molecule has 1 unspecified atom stereocenters. The van der Waals surface area contributed by atoms with Crippen LogP contribution >= 0.6 is 0 Å². The zero-order chi connectivity index (χ0) is 36.6. The summed E-state index contributed by atoms with van der Waals surface area (Å²) >= 11 is 0. The van der Waals surface area contributed by atoms with Gasteiger partial charge in [-0.15, -0.1) is 13.2 Å². The van der Waals surface area contributed by atoms with Gasteiger partial charge < -0.3 is 19.5 Å². The molecule has 1 aromatic heterocycles. The minimum absolute atomic E-state index is 0.182. The molecule has 4 aromatic rings. The van der Waals surface area contributed by atoms with Crippen molar-refractivity contribution < 1.29 is 31.9 Å². The van der Waals surface area contributed by atoms with Gasteiger partial charge in [0.1, 0.15) is 17.6 Å². The molecule has 3 aliphatic heterocycles. The van der Waals surface area contributed by atoms with Crippen molar-refractivity contribution in [3.63, 3.8) is 0 Å². The van der Waals surface area contributed by atoms with Crippen LogP contribution in [0.4, 0.5) is 28.9 Å². The van der Waals surface area contributed by atoms with Crippen LogP contribution in [0.3, 0.4) is 0 Å². The van der Waals surface area contributed by atoms with Crippen LogP contribution < -0.4 is 25.8 Å². The maximum atomic E-state index is 15.2. The average molecular weight is 720 g/mol. The summed E-state index contributed by atoms with van der Waals surface area (Å²) in [7, 11) is 1.62. The smallest absolute Gasteiger partial charge is 0.405 e. The third kappa shape index (κ3) is 7.79. The lowest BCUT2D eigenvalue weighted by molar-refractivity contribution is -0.275. The predicted molar refractivity (Wildman–Crippen MR) is 190 cm³/mol. The van der Waals surface area contributed by atoms with Crippen LogP contribution in [-0.4, -0.2) is 59.9 Å². The lowest BCUT2D eigenvalue weighted by Crippen LogP contribution is -2.47. The molecule has 3 saturated heterocycles. The second-order valence-corrected chi connectivity index (χ2v) is 14.1. The Kier molecular flexibility index (Phi) is 9.97. The summed E-state index contributed by atoms with van der Waals surface area (Å²) in [4.78, 5) is 40.4. The van der Waals surface area contributed by atoms with Crippen LogP contribution in [0, 0.1) is 17.7 Å². The first-order valence-electron chi connectivity index (χ1n) is 17.8. The lowest BCUT2D eigenvalue weighted by atomic mass is 9.78. The zero-order valence-corrected chi connectivity index (χ0v) is 28.8. The van der Waals surface area contributed by atoms with Crippen LogP contribution in [0.15, 0.2) is 71.7 Å². The first-order chi connectivity index (χ1) is 24.9. The van der Waals surface area contributed by atoms with Gasteiger partial charge in [0.15, 0.2) is 0 Å². The minimum Gasteiger partial charge on any atom is -0.405 e. The third-order valence-corrected chi connectivity index (χ3v) is 10.8. The average Bonchev–Trinajstić information content (AvgIpc) is 3.12. The molecule has 1 atom stereocenters. The number of fused-ring (bicyclic) bond motifs is 1. The van der Waals surface area contributed by atoms with Crippen molar-refractivity contribution in [1.82, 2.24) is 14.8 Å². The summed E-state index contributed by atoms with van der Waals surface area (Å²) in [5, 5.41) is 6.47. The van der Waals surface area contributed by atoms with Crippen molar-refractivity contribution in [3.8, 4) is 16.9 Å². The van der Waals surface area contributed by atoms with Crippen molar-refractivity contribution in [2.24, 2.45) is 18.9 Å². The van der Waals surface area contributed by atoms with Gasteiger partial charge in [0, 0.05) is 61.5 Å². The topological polar surface area (TPSA) is 95.9 Å². The second kappa shape index (κ2) is 14.6. The largest absolute Gasteiger partial charge is 0.573 e. The number of alkyl halides is 3. The second-order valence-electron chi connectivity index (χ2n) is 14.1. The maximum Gasteiger partial charge on any atom is 0.573 e. The third-order valence-electron chi connectivity index (χ3n) is 10.8. The Bertz CT molecular complexity index is 2030. The summed E-state index contributed by atoms with van der Waals surface area (Å²) in [5.74, 6) is -0.359. The van der Waals surface area contributed by atoms with Crippen LogP contribution in [-0.2, 0) is 23.2 Å². The number of aryl methyl sites for hydroxylation is 1. The van der Waals surface area contributed by atoms with E-state index in [1.165, 1.54) is 16.7 Å².